The maximum atomic E-state index is 12.4. The van der Waals surface area contributed by atoms with Crippen LogP contribution in [0, 0.1) is 0 Å². The molecule has 0 amide bonds. The molecule has 1 aromatic carbocycles. The van der Waals surface area contributed by atoms with Crippen molar-refractivity contribution in [1.29, 1.82) is 0 Å². The average molecular weight is 276 g/mol. The number of nitrogen functional groups attached to an aromatic ring is 1. The lowest BCUT2D eigenvalue weighted by Crippen LogP contribution is -2.13. The standard InChI is InChI=1S/C12H15F3N2O2/c1-2-19-11(18)5-6-17-10-4-3-8(7-9(10)16)12(13,14)15/h3-4,7,17H,2,5-6,16H2,1H3. The van der Waals surface area contributed by atoms with Crippen LogP contribution in [0.2, 0.25) is 0 Å². The predicted octanol–water partition coefficient (Wildman–Crippen LogP) is 2.65. The summed E-state index contributed by atoms with van der Waals surface area (Å²) in [5, 5.41) is 2.79. The van der Waals surface area contributed by atoms with Crippen molar-refractivity contribution in [3.05, 3.63) is 23.8 Å². The number of benzene rings is 1. The van der Waals surface area contributed by atoms with Gasteiger partial charge in [0.25, 0.3) is 0 Å². The molecule has 0 spiro atoms. The van der Waals surface area contributed by atoms with Gasteiger partial charge in [0.15, 0.2) is 0 Å². The third-order valence-corrected chi connectivity index (χ3v) is 2.33. The van der Waals surface area contributed by atoms with Crippen LogP contribution in [-0.4, -0.2) is 19.1 Å². The van der Waals surface area contributed by atoms with Crippen LogP contribution in [0.4, 0.5) is 24.5 Å². The summed E-state index contributed by atoms with van der Waals surface area (Å²) in [6.45, 7) is 2.23. The fourth-order valence-electron chi connectivity index (χ4n) is 1.43. The van der Waals surface area contributed by atoms with Crippen LogP contribution >= 0.6 is 0 Å². The van der Waals surface area contributed by atoms with E-state index in [0.717, 1.165) is 12.1 Å². The third-order valence-electron chi connectivity index (χ3n) is 2.33. The molecule has 0 bridgehead atoms. The minimum atomic E-state index is -4.42. The van der Waals surface area contributed by atoms with Gasteiger partial charge in [0.2, 0.25) is 0 Å². The molecule has 0 saturated carbocycles. The van der Waals surface area contributed by atoms with Gasteiger partial charge >= 0.3 is 12.1 Å². The number of hydrogen-bond donors (Lipinski definition) is 2. The number of carbonyl (C=O) groups is 1. The van der Waals surface area contributed by atoms with Gasteiger partial charge in [-0.15, -0.1) is 0 Å². The first-order valence-corrected chi connectivity index (χ1v) is 5.70. The molecule has 1 rings (SSSR count). The molecule has 0 heterocycles. The Labute approximate surface area is 108 Å². The zero-order chi connectivity index (χ0) is 14.5. The smallest absolute Gasteiger partial charge is 0.416 e. The van der Waals surface area contributed by atoms with Crippen LogP contribution in [-0.2, 0) is 15.7 Å². The Morgan fingerprint density at radius 2 is 2.11 bits per heavy atom. The highest BCUT2D eigenvalue weighted by atomic mass is 19.4. The number of rotatable bonds is 5. The molecule has 19 heavy (non-hydrogen) atoms. The number of halogens is 3. The van der Waals surface area contributed by atoms with Gasteiger partial charge in [-0.1, -0.05) is 0 Å². The first-order chi connectivity index (χ1) is 8.84. The van der Waals surface area contributed by atoms with E-state index in [9.17, 15) is 18.0 Å². The molecule has 0 atom stereocenters. The molecule has 0 aliphatic carbocycles. The number of hydrogen-bond acceptors (Lipinski definition) is 4. The summed E-state index contributed by atoms with van der Waals surface area (Å²) in [4.78, 5) is 11.1. The molecule has 7 heteroatoms. The molecule has 0 unspecified atom stereocenters. The second-order valence-corrected chi connectivity index (χ2v) is 3.78. The quantitative estimate of drug-likeness (QED) is 0.641. The van der Waals surface area contributed by atoms with Gasteiger partial charge in [-0.2, -0.15) is 13.2 Å². The number of anilines is 2. The van der Waals surface area contributed by atoms with Crippen molar-refractivity contribution in [1.82, 2.24) is 0 Å². The van der Waals surface area contributed by atoms with Crippen LogP contribution in [0.1, 0.15) is 18.9 Å². The molecule has 106 valence electrons. The summed E-state index contributed by atoms with van der Waals surface area (Å²) in [6, 6.07) is 3.03. The van der Waals surface area contributed by atoms with Crippen molar-refractivity contribution >= 4 is 17.3 Å². The van der Waals surface area contributed by atoms with E-state index >= 15 is 0 Å². The van der Waals surface area contributed by atoms with Crippen LogP contribution in [0.5, 0.6) is 0 Å². The molecule has 0 aliphatic rings. The van der Waals surface area contributed by atoms with Crippen LogP contribution in [0.15, 0.2) is 18.2 Å². The summed E-state index contributed by atoms with van der Waals surface area (Å²) < 4.78 is 41.9. The number of nitrogens with one attached hydrogen (secondary N) is 1. The van der Waals surface area contributed by atoms with Gasteiger partial charge in [0.05, 0.1) is 30.0 Å². The first-order valence-electron chi connectivity index (χ1n) is 5.70. The first kappa shape index (κ1) is 15.1. The fourth-order valence-corrected chi connectivity index (χ4v) is 1.43. The molecule has 0 fully saturated rings. The van der Waals surface area contributed by atoms with Gasteiger partial charge in [0, 0.05) is 6.54 Å². The van der Waals surface area contributed by atoms with Crippen molar-refractivity contribution in [2.24, 2.45) is 0 Å². The Morgan fingerprint density at radius 3 is 2.63 bits per heavy atom. The molecule has 1 aromatic rings. The SMILES string of the molecule is CCOC(=O)CCNc1ccc(C(F)(F)F)cc1N. The number of esters is 1. The lowest BCUT2D eigenvalue weighted by Gasteiger charge is -2.12. The van der Waals surface area contributed by atoms with Crippen molar-refractivity contribution < 1.29 is 22.7 Å². The molecule has 0 radical (unpaired) electrons. The normalized spacial score (nSPS) is 11.2. The Morgan fingerprint density at radius 1 is 1.42 bits per heavy atom. The van der Waals surface area contributed by atoms with E-state index in [1.807, 2.05) is 0 Å². The number of ether oxygens (including phenoxy) is 1. The number of alkyl halides is 3. The molecule has 4 nitrogen and oxygen atoms in total. The van der Waals surface area contributed by atoms with E-state index in [-0.39, 0.29) is 24.6 Å². The van der Waals surface area contributed by atoms with E-state index in [0.29, 0.717) is 12.3 Å². The zero-order valence-electron chi connectivity index (χ0n) is 10.4. The second-order valence-electron chi connectivity index (χ2n) is 3.78. The van der Waals surface area contributed by atoms with Gasteiger partial charge in [0.1, 0.15) is 0 Å². The maximum Gasteiger partial charge on any atom is 0.416 e. The fraction of sp³-hybridized carbons (Fsp3) is 0.417. The third kappa shape index (κ3) is 4.69. The largest absolute Gasteiger partial charge is 0.466 e. The van der Waals surface area contributed by atoms with Gasteiger partial charge in [-0.05, 0) is 25.1 Å². The Balaban J connectivity index is 2.58. The van der Waals surface area contributed by atoms with Gasteiger partial charge < -0.3 is 15.8 Å². The van der Waals surface area contributed by atoms with E-state index in [1.165, 1.54) is 6.07 Å². The highest BCUT2D eigenvalue weighted by Crippen LogP contribution is 2.32. The Kier molecular flexibility index (Phi) is 5.02. The minimum absolute atomic E-state index is 0.0151. The van der Waals surface area contributed by atoms with Gasteiger partial charge in [-0.3, -0.25) is 4.79 Å². The summed E-state index contributed by atoms with van der Waals surface area (Å²) >= 11 is 0. The van der Waals surface area contributed by atoms with E-state index in [1.54, 1.807) is 6.92 Å². The minimum Gasteiger partial charge on any atom is -0.466 e. The van der Waals surface area contributed by atoms with Crippen LogP contribution < -0.4 is 11.1 Å². The summed E-state index contributed by atoms with van der Waals surface area (Å²) in [5.41, 5.74) is 5.05. The summed E-state index contributed by atoms with van der Waals surface area (Å²) in [5.74, 6) is -0.375. The van der Waals surface area contributed by atoms with E-state index in [4.69, 9.17) is 10.5 Å². The zero-order valence-corrected chi connectivity index (χ0v) is 10.4. The maximum absolute atomic E-state index is 12.4. The van der Waals surface area contributed by atoms with Crippen molar-refractivity contribution in [2.45, 2.75) is 19.5 Å². The molecular weight excluding hydrogens is 261 g/mol. The highest BCUT2D eigenvalue weighted by Gasteiger charge is 2.30. The van der Waals surface area contributed by atoms with Crippen molar-refractivity contribution in [2.75, 3.05) is 24.2 Å². The van der Waals surface area contributed by atoms with Crippen LogP contribution in [0.3, 0.4) is 0 Å². The monoisotopic (exact) mass is 276 g/mol. The average Bonchev–Trinajstić information content (AvgIpc) is 2.30. The molecule has 3 N–H and O–H groups in total. The lowest BCUT2D eigenvalue weighted by molar-refractivity contribution is -0.142. The lowest BCUT2D eigenvalue weighted by atomic mass is 10.1. The van der Waals surface area contributed by atoms with Crippen molar-refractivity contribution in [3.63, 3.8) is 0 Å². The Bertz CT molecular complexity index is 447. The summed E-state index contributed by atoms with van der Waals surface area (Å²) in [7, 11) is 0. The topological polar surface area (TPSA) is 64.3 Å². The summed E-state index contributed by atoms with van der Waals surface area (Å²) in [6.07, 6.45) is -4.30. The second kappa shape index (κ2) is 6.31. The molecule has 0 aromatic heterocycles. The van der Waals surface area contributed by atoms with Crippen molar-refractivity contribution in [3.8, 4) is 0 Å². The van der Waals surface area contributed by atoms with E-state index < -0.39 is 11.7 Å². The van der Waals surface area contributed by atoms with Crippen LogP contribution in [0.25, 0.3) is 0 Å². The number of carbonyl (C=O) groups excluding carboxylic acids is 1. The molecular formula is C12H15F3N2O2. The molecule has 0 saturated heterocycles. The highest BCUT2D eigenvalue weighted by molar-refractivity contribution is 5.71. The van der Waals surface area contributed by atoms with Gasteiger partial charge in [-0.25, -0.2) is 0 Å². The molecule has 0 aliphatic heterocycles. The number of nitrogens with two attached hydrogens (primary N) is 1. The predicted molar refractivity (Wildman–Crippen MR) is 65.6 cm³/mol. The van der Waals surface area contributed by atoms with E-state index in [2.05, 4.69) is 5.32 Å². The Hall–Kier alpha value is -1.92.